The molecule has 7 nitrogen and oxygen atoms in total. The molecule has 104 valence electrons. The molecule has 20 heavy (non-hydrogen) atoms. The molecule has 0 radical (unpaired) electrons. The summed E-state index contributed by atoms with van der Waals surface area (Å²) in [5.41, 5.74) is 0.876. The molecule has 0 atom stereocenters. The molecule has 0 aliphatic rings. The van der Waals surface area contributed by atoms with Crippen molar-refractivity contribution >= 4 is 11.8 Å². The standard InChI is InChI=1S/C13H14N4O3/c1-2-20-12-5-11(16-8-17-12)15-7-9-3-4-10(13(18)19)14-6-9/h3-6,8H,2,7H2,1H3,(H,18,19)(H,15,16,17). The number of nitrogens with zero attached hydrogens (tertiary/aromatic N) is 3. The van der Waals surface area contributed by atoms with Crippen LogP contribution in [0.2, 0.25) is 0 Å². The summed E-state index contributed by atoms with van der Waals surface area (Å²) in [7, 11) is 0. The Hall–Kier alpha value is -2.70. The molecule has 0 spiro atoms. The number of pyridine rings is 1. The lowest BCUT2D eigenvalue weighted by atomic mass is 10.2. The van der Waals surface area contributed by atoms with Crippen LogP contribution >= 0.6 is 0 Å². The molecule has 0 amide bonds. The lowest BCUT2D eigenvalue weighted by Crippen LogP contribution is -2.05. The van der Waals surface area contributed by atoms with Crippen LogP contribution in [0.1, 0.15) is 23.0 Å². The van der Waals surface area contributed by atoms with Crippen molar-refractivity contribution in [2.24, 2.45) is 0 Å². The first-order valence-electron chi connectivity index (χ1n) is 6.06. The highest BCUT2D eigenvalue weighted by atomic mass is 16.5. The van der Waals surface area contributed by atoms with Crippen molar-refractivity contribution in [3.63, 3.8) is 0 Å². The summed E-state index contributed by atoms with van der Waals surface area (Å²) in [6.45, 7) is 2.90. The summed E-state index contributed by atoms with van der Waals surface area (Å²) in [5.74, 6) is 0.0942. The molecule has 0 aliphatic carbocycles. The van der Waals surface area contributed by atoms with Gasteiger partial charge in [0.15, 0.2) is 0 Å². The number of nitrogens with one attached hydrogen (secondary N) is 1. The molecule has 0 fully saturated rings. The van der Waals surface area contributed by atoms with Gasteiger partial charge in [0.1, 0.15) is 17.8 Å². The smallest absolute Gasteiger partial charge is 0.354 e. The molecule has 2 rings (SSSR count). The van der Waals surface area contributed by atoms with Crippen molar-refractivity contribution in [1.82, 2.24) is 15.0 Å². The van der Waals surface area contributed by atoms with Gasteiger partial charge in [0.2, 0.25) is 5.88 Å². The number of hydrogen-bond donors (Lipinski definition) is 2. The summed E-state index contributed by atoms with van der Waals surface area (Å²) in [6, 6.07) is 4.86. The highest BCUT2D eigenvalue weighted by Gasteiger charge is 2.04. The average Bonchev–Trinajstić information content (AvgIpc) is 2.46. The zero-order valence-electron chi connectivity index (χ0n) is 10.9. The van der Waals surface area contributed by atoms with Crippen molar-refractivity contribution in [1.29, 1.82) is 0 Å². The lowest BCUT2D eigenvalue weighted by Gasteiger charge is -2.07. The van der Waals surface area contributed by atoms with E-state index in [0.29, 0.717) is 24.8 Å². The fraction of sp³-hybridized carbons (Fsp3) is 0.231. The summed E-state index contributed by atoms with van der Waals surface area (Å²) < 4.78 is 5.27. The van der Waals surface area contributed by atoms with Gasteiger partial charge in [-0.2, -0.15) is 0 Å². The van der Waals surface area contributed by atoms with Crippen LogP contribution in [0.25, 0.3) is 0 Å². The zero-order valence-corrected chi connectivity index (χ0v) is 10.9. The molecule has 0 saturated heterocycles. The normalized spacial score (nSPS) is 10.1. The number of aromatic nitrogens is 3. The van der Waals surface area contributed by atoms with E-state index in [4.69, 9.17) is 9.84 Å². The largest absolute Gasteiger partial charge is 0.478 e. The Morgan fingerprint density at radius 2 is 2.20 bits per heavy atom. The van der Waals surface area contributed by atoms with Crippen LogP contribution < -0.4 is 10.1 Å². The Balaban J connectivity index is 1.97. The number of ether oxygens (including phenoxy) is 1. The first-order valence-corrected chi connectivity index (χ1v) is 6.06. The number of carboxylic acid groups (broad SMARTS) is 1. The monoisotopic (exact) mass is 274 g/mol. The number of carboxylic acids is 1. The van der Waals surface area contributed by atoms with E-state index >= 15 is 0 Å². The van der Waals surface area contributed by atoms with Gasteiger partial charge in [-0.25, -0.2) is 19.7 Å². The van der Waals surface area contributed by atoms with Gasteiger partial charge in [-0.15, -0.1) is 0 Å². The van der Waals surface area contributed by atoms with Crippen molar-refractivity contribution in [3.8, 4) is 5.88 Å². The Morgan fingerprint density at radius 3 is 2.85 bits per heavy atom. The molecule has 2 N–H and O–H groups in total. The average molecular weight is 274 g/mol. The van der Waals surface area contributed by atoms with Crippen LogP contribution in [0.5, 0.6) is 5.88 Å². The fourth-order valence-corrected chi connectivity index (χ4v) is 1.51. The van der Waals surface area contributed by atoms with E-state index in [1.807, 2.05) is 6.92 Å². The van der Waals surface area contributed by atoms with Crippen LogP contribution in [0.15, 0.2) is 30.7 Å². The van der Waals surface area contributed by atoms with Crippen molar-refractivity contribution < 1.29 is 14.6 Å². The third-order valence-electron chi connectivity index (χ3n) is 2.45. The first-order chi connectivity index (χ1) is 9.69. The summed E-state index contributed by atoms with van der Waals surface area (Å²) in [4.78, 5) is 22.6. The SMILES string of the molecule is CCOc1cc(NCc2ccc(C(=O)O)nc2)ncn1. The second kappa shape index (κ2) is 6.46. The molecule has 0 bridgehead atoms. The number of aromatic carboxylic acids is 1. The molecule has 0 aromatic carbocycles. The minimum Gasteiger partial charge on any atom is -0.478 e. The van der Waals surface area contributed by atoms with Crippen LogP contribution in [-0.4, -0.2) is 32.6 Å². The van der Waals surface area contributed by atoms with Gasteiger partial charge >= 0.3 is 5.97 Å². The van der Waals surface area contributed by atoms with Gasteiger partial charge in [0.25, 0.3) is 0 Å². The number of anilines is 1. The molecular formula is C13H14N4O3. The van der Waals surface area contributed by atoms with E-state index in [1.165, 1.54) is 18.6 Å². The van der Waals surface area contributed by atoms with E-state index in [-0.39, 0.29) is 5.69 Å². The highest BCUT2D eigenvalue weighted by Crippen LogP contribution is 2.12. The zero-order chi connectivity index (χ0) is 14.4. The van der Waals surface area contributed by atoms with E-state index in [9.17, 15) is 4.79 Å². The Labute approximate surface area is 115 Å². The molecule has 0 unspecified atom stereocenters. The predicted octanol–water partition coefficient (Wildman–Crippen LogP) is 1.58. The maximum Gasteiger partial charge on any atom is 0.354 e. The van der Waals surface area contributed by atoms with Gasteiger partial charge in [-0.1, -0.05) is 6.07 Å². The maximum absolute atomic E-state index is 10.7. The minimum absolute atomic E-state index is 0.0226. The number of hydrogen-bond acceptors (Lipinski definition) is 6. The molecule has 0 aliphatic heterocycles. The lowest BCUT2D eigenvalue weighted by molar-refractivity contribution is 0.0690. The van der Waals surface area contributed by atoms with Gasteiger partial charge in [-0.05, 0) is 18.6 Å². The number of carbonyl (C=O) groups is 1. The van der Waals surface area contributed by atoms with Gasteiger partial charge in [-0.3, -0.25) is 0 Å². The third-order valence-corrected chi connectivity index (χ3v) is 2.45. The van der Waals surface area contributed by atoms with Gasteiger partial charge in [0, 0.05) is 18.8 Å². The van der Waals surface area contributed by atoms with Crippen LogP contribution in [0.4, 0.5) is 5.82 Å². The summed E-state index contributed by atoms with van der Waals surface area (Å²) in [6.07, 6.45) is 2.93. The summed E-state index contributed by atoms with van der Waals surface area (Å²) in [5, 5.41) is 11.8. The predicted molar refractivity (Wildman–Crippen MR) is 71.7 cm³/mol. The first kappa shape index (κ1) is 13.7. The highest BCUT2D eigenvalue weighted by molar-refractivity contribution is 5.85. The molecular weight excluding hydrogens is 260 g/mol. The molecule has 2 heterocycles. The second-order valence-electron chi connectivity index (χ2n) is 3.88. The minimum atomic E-state index is -1.04. The van der Waals surface area contributed by atoms with E-state index in [2.05, 4.69) is 20.3 Å². The van der Waals surface area contributed by atoms with E-state index in [0.717, 1.165) is 5.56 Å². The Bertz CT molecular complexity index is 586. The van der Waals surface area contributed by atoms with E-state index in [1.54, 1.807) is 12.1 Å². The fourth-order valence-electron chi connectivity index (χ4n) is 1.51. The van der Waals surface area contributed by atoms with Crippen molar-refractivity contribution in [3.05, 3.63) is 42.0 Å². The topological polar surface area (TPSA) is 97.2 Å². The van der Waals surface area contributed by atoms with Gasteiger partial charge < -0.3 is 15.2 Å². The molecule has 7 heteroatoms. The van der Waals surface area contributed by atoms with Crippen molar-refractivity contribution in [2.75, 3.05) is 11.9 Å². The van der Waals surface area contributed by atoms with E-state index < -0.39 is 5.97 Å². The number of rotatable bonds is 6. The van der Waals surface area contributed by atoms with Crippen LogP contribution in [0.3, 0.4) is 0 Å². The molecule has 2 aromatic rings. The van der Waals surface area contributed by atoms with Crippen LogP contribution in [-0.2, 0) is 6.54 Å². The Morgan fingerprint density at radius 1 is 1.35 bits per heavy atom. The molecule has 0 saturated carbocycles. The van der Waals surface area contributed by atoms with Crippen LogP contribution in [0, 0.1) is 0 Å². The quantitative estimate of drug-likeness (QED) is 0.825. The molecule has 2 aromatic heterocycles. The Kier molecular flexibility index (Phi) is 4.43. The van der Waals surface area contributed by atoms with Gasteiger partial charge in [0.05, 0.1) is 6.61 Å². The van der Waals surface area contributed by atoms with Crippen molar-refractivity contribution in [2.45, 2.75) is 13.5 Å². The maximum atomic E-state index is 10.7. The second-order valence-corrected chi connectivity index (χ2v) is 3.88. The third kappa shape index (κ3) is 3.64. The summed E-state index contributed by atoms with van der Waals surface area (Å²) >= 11 is 0.